The second-order valence-corrected chi connectivity index (χ2v) is 7.24. The fourth-order valence-electron chi connectivity index (χ4n) is 2.33. The molecule has 0 saturated carbocycles. The van der Waals surface area contributed by atoms with Gasteiger partial charge >= 0.3 is 0 Å². The van der Waals surface area contributed by atoms with Crippen LogP contribution in [0.5, 0.6) is 0 Å². The van der Waals surface area contributed by atoms with Crippen LogP contribution in [-0.2, 0) is 10.0 Å². The summed E-state index contributed by atoms with van der Waals surface area (Å²) < 4.78 is 27.1. The van der Waals surface area contributed by atoms with E-state index in [1.807, 2.05) is 18.2 Å². The van der Waals surface area contributed by atoms with Crippen molar-refractivity contribution in [2.75, 3.05) is 24.5 Å². The lowest BCUT2D eigenvalue weighted by molar-refractivity contribution is 0.578. The van der Waals surface area contributed by atoms with Gasteiger partial charge in [-0.05, 0) is 37.6 Å². The molecule has 0 unspecified atom stereocenters. The minimum absolute atomic E-state index is 0.122. The van der Waals surface area contributed by atoms with E-state index in [0.717, 1.165) is 18.8 Å². The zero-order valence-electron chi connectivity index (χ0n) is 13.1. The average molecular weight is 353 g/mol. The molecule has 2 aromatic carbocycles. The predicted octanol–water partition coefficient (Wildman–Crippen LogP) is 3.53. The molecule has 0 atom stereocenters. The molecule has 0 aliphatic carbocycles. The Morgan fingerprint density at radius 2 is 1.70 bits per heavy atom. The first kappa shape index (κ1) is 17.8. The first-order valence-corrected chi connectivity index (χ1v) is 9.45. The van der Waals surface area contributed by atoms with Gasteiger partial charge in [-0.3, -0.25) is 0 Å². The summed E-state index contributed by atoms with van der Waals surface area (Å²) >= 11 is 5.95. The monoisotopic (exact) mass is 352 g/mol. The molecule has 0 radical (unpaired) electrons. The highest BCUT2D eigenvalue weighted by Gasteiger charge is 2.16. The molecule has 0 aliphatic heterocycles. The van der Waals surface area contributed by atoms with E-state index in [-0.39, 0.29) is 9.92 Å². The van der Waals surface area contributed by atoms with Crippen LogP contribution >= 0.6 is 11.6 Å². The molecule has 0 aliphatic rings. The van der Waals surface area contributed by atoms with Crippen molar-refractivity contribution in [3.05, 3.63) is 59.6 Å². The highest BCUT2D eigenvalue weighted by Crippen LogP contribution is 2.20. The number of halogens is 1. The smallest absolute Gasteiger partial charge is 0.242 e. The first-order chi connectivity index (χ1) is 11.0. The molecule has 1 N–H and O–H groups in total. The Labute approximate surface area is 143 Å². The van der Waals surface area contributed by atoms with Gasteiger partial charge in [0.1, 0.15) is 4.90 Å². The fraction of sp³-hybridized carbons (Fsp3) is 0.294. The zero-order valence-corrected chi connectivity index (χ0v) is 14.6. The van der Waals surface area contributed by atoms with Gasteiger partial charge in [-0.15, -0.1) is 0 Å². The summed E-state index contributed by atoms with van der Waals surface area (Å²) in [5.41, 5.74) is 1.14. The molecule has 6 heteroatoms. The van der Waals surface area contributed by atoms with Gasteiger partial charge in [0.15, 0.2) is 0 Å². The summed E-state index contributed by atoms with van der Waals surface area (Å²) in [6, 6.07) is 16.5. The normalized spacial score (nSPS) is 11.4. The molecule has 0 aromatic heterocycles. The van der Waals surface area contributed by atoms with Gasteiger partial charge in [0, 0.05) is 25.3 Å². The van der Waals surface area contributed by atoms with Gasteiger partial charge < -0.3 is 4.90 Å². The van der Waals surface area contributed by atoms with Crippen LogP contribution in [0.25, 0.3) is 0 Å². The lowest BCUT2D eigenvalue weighted by Gasteiger charge is -2.23. The van der Waals surface area contributed by atoms with Crippen molar-refractivity contribution < 1.29 is 8.42 Å². The molecule has 0 saturated heterocycles. The van der Waals surface area contributed by atoms with E-state index < -0.39 is 10.0 Å². The lowest BCUT2D eigenvalue weighted by atomic mass is 10.2. The van der Waals surface area contributed by atoms with Crippen LogP contribution in [0.2, 0.25) is 5.02 Å². The maximum atomic E-state index is 12.2. The molecular formula is C17H21ClN2O2S. The maximum Gasteiger partial charge on any atom is 0.242 e. The molecule has 0 bridgehead atoms. The molecule has 0 heterocycles. The van der Waals surface area contributed by atoms with Crippen molar-refractivity contribution in [3.63, 3.8) is 0 Å². The number of rotatable bonds is 8. The summed E-state index contributed by atoms with van der Waals surface area (Å²) in [5.74, 6) is 0. The third-order valence-corrected chi connectivity index (χ3v) is 5.49. The zero-order chi connectivity index (χ0) is 16.7. The number of benzene rings is 2. The van der Waals surface area contributed by atoms with E-state index in [0.29, 0.717) is 13.0 Å². The number of para-hydroxylation sites is 1. The third kappa shape index (κ3) is 4.96. The second kappa shape index (κ2) is 8.34. The molecular weight excluding hydrogens is 332 g/mol. The van der Waals surface area contributed by atoms with E-state index in [1.54, 1.807) is 18.2 Å². The highest BCUT2D eigenvalue weighted by atomic mass is 35.5. The van der Waals surface area contributed by atoms with Gasteiger partial charge in [0.25, 0.3) is 0 Å². The summed E-state index contributed by atoms with van der Waals surface area (Å²) in [7, 11) is -3.56. The number of nitrogens with one attached hydrogen (secondary N) is 1. The van der Waals surface area contributed by atoms with E-state index in [1.165, 1.54) is 6.07 Å². The van der Waals surface area contributed by atoms with Crippen molar-refractivity contribution in [3.8, 4) is 0 Å². The fourth-order valence-corrected chi connectivity index (χ4v) is 3.92. The quantitative estimate of drug-likeness (QED) is 0.739. The second-order valence-electron chi connectivity index (χ2n) is 5.10. The Balaban J connectivity index is 1.88. The molecule has 2 aromatic rings. The number of anilines is 1. The van der Waals surface area contributed by atoms with Crippen molar-refractivity contribution in [1.82, 2.24) is 4.72 Å². The topological polar surface area (TPSA) is 49.4 Å². The van der Waals surface area contributed by atoms with Crippen LogP contribution in [0.1, 0.15) is 13.3 Å². The molecule has 4 nitrogen and oxygen atoms in total. The Morgan fingerprint density at radius 3 is 2.35 bits per heavy atom. The van der Waals surface area contributed by atoms with Crippen LogP contribution in [0, 0.1) is 0 Å². The van der Waals surface area contributed by atoms with Gasteiger partial charge in [0.05, 0.1) is 5.02 Å². The van der Waals surface area contributed by atoms with E-state index in [4.69, 9.17) is 11.6 Å². The maximum absolute atomic E-state index is 12.2. The van der Waals surface area contributed by atoms with Gasteiger partial charge in [-0.25, -0.2) is 13.1 Å². The van der Waals surface area contributed by atoms with Crippen molar-refractivity contribution in [2.24, 2.45) is 0 Å². The average Bonchev–Trinajstić information content (AvgIpc) is 2.56. The van der Waals surface area contributed by atoms with Crippen molar-refractivity contribution >= 4 is 27.3 Å². The highest BCUT2D eigenvalue weighted by molar-refractivity contribution is 7.89. The Kier molecular flexibility index (Phi) is 6.45. The molecule has 0 spiro atoms. The van der Waals surface area contributed by atoms with Crippen LogP contribution in [0.15, 0.2) is 59.5 Å². The number of nitrogens with zero attached hydrogens (tertiary/aromatic N) is 1. The Bertz CT molecular complexity index is 720. The first-order valence-electron chi connectivity index (χ1n) is 7.59. The van der Waals surface area contributed by atoms with Gasteiger partial charge in [-0.2, -0.15) is 0 Å². The van der Waals surface area contributed by atoms with E-state index in [9.17, 15) is 8.42 Å². The Hall–Kier alpha value is -1.56. The molecule has 0 amide bonds. The molecule has 124 valence electrons. The predicted molar refractivity (Wildman–Crippen MR) is 95.6 cm³/mol. The van der Waals surface area contributed by atoms with Crippen molar-refractivity contribution in [1.29, 1.82) is 0 Å². The van der Waals surface area contributed by atoms with Crippen LogP contribution < -0.4 is 9.62 Å². The minimum atomic E-state index is -3.56. The summed E-state index contributed by atoms with van der Waals surface area (Å²) in [6.45, 7) is 4.12. The minimum Gasteiger partial charge on any atom is -0.372 e. The summed E-state index contributed by atoms with van der Waals surface area (Å²) in [6.07, 6.45) is 0.715. The van der Waals surface area contributed by atoms with Crippen LogP contribution in [0.3, 0.4) is 0 Å². The SMILES string of the molecule is CCN(CCCNS(=O)(=O)c1ccccc1Cl)c1ccccc1. The summed E-state index contributed by atoms with van der Waals surface area (Å²) in [4.78, 5) is 2.33. The van der Waals surface area contributed by atoms with E-state index in [2.05, 4.69) is 28.7 Å². The van der Waals surface area contributed by atoms with Crippen LogP contribution in [-0.4, -0.2) is 28.1 Å². The van der Waals surface area contributed by atoms with Crippen LogP contribution in [0.4, 0.5) is 5.69 Å². The standard InChI is InChI=1S/C17H21ClN2O2S/c1-2-20(15-9-4-3-5-10-15)14-8-13-19-23(21,22)17-12-7-6-11-16(17)18/h3-7,9-12,19H,2,8,13-14H2,1H3. The summed E-state index contributed by atoms with van der Waals surface area (Å²) in [5, 5.41) is 0.236. The third-order valence-electron chi connectivity index (χ3n) is 3.53. The van der Waals surface area contributed by atoms with Gasteiger partial charge in [0.2, 0.25) is 10.0 Å². The largest absolute Gasteiger partial charge is 0.372 e. The molecule has 23 heavy (non-hydrogen) atoms. The lowest BCUT2D eigenvalue weighted by Crippen LogP contribution is -2.30. The number of hydrogen-bond acceptors (Lipinski definition) is 3. The van der Waals surface area contributed by atoms with Gasteiger partial charge in [-0.1, -0.05) is 41.9 Å². The van der Waals surface area contributed by atoms with Crippen molar-refractivity contribution in [2.45, 2.75) is 18.2 Å². The Morgan fingerprint density at radius 1 is 1.04 bits per heavy atom. The number of sulfonamides is 1. The van der Waals surface area contributed by atoms with E-state index >= 15 is 0 Å². The molecule has 2 rings (SSSR count). The number of hydrogen-bond donors (Lipinski definition) is 1. The molecule has 0 fully saturated rings.